The van der Waals surface area contributed by atoms with Crippen LogP contribution in [0.15, 0.2) is 24.3 Å². The summed E-state index contributed by atoms with van der Waals surface area (Å²) in [7, 11) is 0. The zero-order valence-electron chi connectivity index (χ0n) is 9.07. The number of hydrogen-bond acceptors (Lipinski definition) is 2. The Balaban J connectivity index is 2.22. The normalized spacial score (nSPS) is 20.1. The van der Waals surface area contributed by atoms with Crippen molar-refractivity contribution in [2.24, 2.45) is 11.7 Å². The zero-order chi connectivity index (χ0) is 11.7. The number of benzene rings is 1. The predicted octanol–water partition coefficient (Wildman–Crippen LogP) is 1.23. The number of nitrogens with two attached hydrogens (primary N) is 1. The number of carbonyl (C=O) groups excluding carboxylic acids is 2. The van der Waals surface area contributed by atoms with Crippen LogP contribution in [0.25, 0.3) is 0 Å². The van der Waals surface area contributed by atoms with Gasteiger partial charge in [0.15, 0.2) is 0 Å². The molecule has 1 unspecified atom stereocenters. The van der Waals surface area contributed by atoms with Gasteiger partial charge >= 0.3 is 0 Å². The third kappa shape index (κ3) is 1.78. The lowest BCUT2D eigenvalue weighted by Gasteiger charge is -2.12. The van der Waals surface area contributed by atoms with E-state index in [0.29, 0.717) is 6.42 Å². The van der Waals surface area contributed by atoms with E-state index in [1.54, 1.807) is 6.92 Å². The van der Waals surface area contributed by atoms with Crippen LogP contribution in [0.2, 0.25) is 0 Å². The number of primary amides is 1. The molecule has 0 spiro atoms. The Labute approximate surface area is 93.8 Å². The molecule has 0 bridgehead atoms. The van der Waals surface area contributed by atoms with Gasteiger partial charge < -0.3 is 11.1 Å². The molecule has 3 N–H and O–H groups in total. The predicted molar refractivity (Wildman–Crippen MR) is 60.8 cm³/mol. The average Bonchev–Trinajstić information content (AvgIpc) is 2.55. The number of anilines is 1. The Morgan fingerprint density at radius 3 is 2.88 bits per heavy atom. The first-order valence-corrected chi connectivity index (χ1v) is 5.28. The van der Waals surface area contributed by atoms with E-state index in [1.807, 2.05) is 24.3 Å². The van der Waals surface area contributed by atoms with Gasteiger partial charge in [-0.2, -0.15) is 0 Å². The lowest BCUT2D eigenvalue weighted by molar-refractivity contribution is -0.122. The van der Waals surface area contributed by atoms with E-state index >= 15 is 0 Å². The molecule has 0 aliphatic carbocycles. The largest absolute Gasteiger partial charge is 0.369 e. The van der Waals surface area contributed by atoms with Crippen LogP contribution in [0.1, 0.15) is 24.8 Å². The molecule has 1 aromatic rings. The minimum absolute atomic E-state index is 0.0469. The highest BCUT2D eigenvalue weighted by molar-refractivity contribution is 6.03. The van der Waals surface area contributed by atoms with Crippen molar-refractivity contribution < 1.29 is 9.59 Å². The van der Waals surface area contributed by atoms with Crippen molar-refractivity contribution in [2.75, 3.05) is 5.32 Å². The zero-order valence-corrected chi connectivity index (χ0v) is 9.07. The van der Waals surface area contributed by atoms with E-state index in [-0.39, 0.29) is 23.7 Å². The average molecular weight is 218 g/mol. The second-order valence-electron chi connectivity index (χ2n) is 4.17. The van der Waals surface area contributed by atoms with E-state index in [0.717, 1.165) is 11.3 Å². The van der Waals surface area contributed by atoms with Crippen molar-refractivity contribution in [3.05, 3.63) is 29.8 Å². The molecule has 0 radical (unpaired) electrons. The highest BCUT2D eigenvalue weighted by atomic mass is 16.2. The first kappa shape index (κ1) is 10.7. The highest BCUT2D eigenvalue weighted by Gasteiger charge is 2.32. The number of carbonyl (C=O) groups is 2. The Bertz CT molecular complexity index is 442. The Kier molecular flexibility index (Phi) is 2.64. The minimum atomic E-state index is -0.364. The third-order valence-corrected chi connectivity index (χ3v) is 2.99. The van der Waals surface area contributed by atoms with Gasteiger partial charge in [0.05, 0.1) is 5.92 Å². The van der Waals surface area contributed by atoms with Gasteiger partial charge in [0.1, 0.15) is 0 Å². The molecule has 1 aromatic carbocycles. The second-order valence-corrected chi connectivity index (χ2v) is 4.17. The van der Waals surface area contributed by atoms with Crippen molar-refractivity contribution in [2.45, 2.75) is 19.3 Å². The van der Waals surface area contributed by atoms with Crippen molar-refractivity contribution in [3.63, 3.8) is 0 Å². The van der Waals surface area contributed by atoms with Gasteiger partial charge in [0, 0.05) is 11.6 Å². The van der Waals surface area contributed by atoms with E-state index in [4.69, 9.17) is 5.73 Å². The minimum Gasteiger partial charge on any atom is -0.369 e. The third-order valence-electron chi connectivity index (χ3n) is 2.99. The van der Waals surface area contributed by atoms with Gasteiger partial charge in [0.25, 0.3) is 0 Å². The summed E-state index contributed by atoms with van der Waals surface area (Å²) in [5.41, 5.74) is 7.01. The Hall–Kier alpha value is -1.84. The lowest BCUT2D eigenvalue weighted by atomic mass is 9.90. The van der Waals surface area contributed by atoms with Crippen molar-refractivity contribution in [1.82, 2.24) is 0 Å². The van der Waals surface area contributed by atoms with Crippen molar-refractivity contribution in [1.29, 1.82) is 0 Å². The molecular formula is C12H14N2O2. The standard InChI is InChI=1S/C12H14N2O2/c1-7(11(13)15)6-9-8-4-2-3-5-10(8)14-12(9)16/h2-5,7,9H,6H2,1H3,(H2,13,15)(H,14,16)/t7-,9?/m0/s1. The smallest absolute Gasteiger partial charge is 0.232 e. The molecule has 84 valence electrons. The fraction of sp³-hybridized carbons (Fsp3) is 0.333. The maximum Gasteiger partial charge on any atom is 0.232 e. The molecule has 2 rings (SSSR count). The molecule has 0 saturated heterocycles. The SMILES string of the molecule is C[C@@H](CC1C(=O)Nc2ccccc21)C(N)=O. The topological polar surface area (TPSA) is 72.2 Å². The number of hydrogen-bond donors (Lipinski definition) is 2. The quantitative estimate of drug-likeness (QED) is 0.801. The second kappa shape index (κ2) is 3.96. The summed E-state index contributed by atoms with van der Waals surface area (Å²) in [5.74, 6) is -0.952. The molecule has 4 heteroatoms. The van der Waals surface area contributed by atoms with Crippen LogP contribution in [-0.4, -0.2) is 11.8 Å². The van der Waals surface area contributed by atoms with Crippen LogP contribution < -0.4 is 11.1 Å². The molecule has 1 heterocycles. The molecule has 0 aromatic heterocycles. The number of para-hydroxylation sites is 1. The summed E-state index contributed by atoms with van der Waals surface area (Å²) in [5, 5.41) is 2.80. The Morgan fingerprint density at radius 2 is 2.19 bits per heavy atom. The van der Waals surface area contributed by atoms with E-state index < -0.39 is 0 Å². The van der Waals surface area contributed by atoms with Crippen LogP contribution in [0, 0.1) is 5.92 Å². The van der Waals surface area contributed by atoms with Gasteiger partial charge in [-0.1, -0.05) is 25.1 Å². The molecule has 16 heavy (non-hydrogen) atoms. The van der Waals surface area contributed by atoms with Crippen molar-refractivity contribution in [3.8, 4) is 0 Å². The summed E-state index contributed by atoms with van der Waals surface area (Å²) in [4.78, 5) is 22.7. The molecule has 4 nitrogen and oxygen atoms in total. The number of rotatable bonds is 3. The van der Waals surface area contributed by atoms with Crippen LogP contribution in [0.3, 0.4) is 0 Å². The molecule has 0 saturated carbocycles. The molecule has 2 amide bonds. The van der Waals surface area contributed by atoms with E-state index in [1.165, 1.54) is 0 Å². The maximum absolute atomic E-state index is 11.7. The number of nitrogens with one attached hydrogen (secondary N) is 1. The number of fused-ring (bicyclic) bond motifs is 1. The Morgan fingerprint density at radius 1 is 1.50 bits per heavy atom. The van der Waals surface area contributed by atoms with Gasteiger partial charge in [-0.3, -0.25) is 9.59 Å². The summed E-state index contributed by atoms with van der Waals surface area (Å²) in [6.45, 7) is 1.75. The van der Waals surface area contributed by atoms with Gasteiger partial charge in [-0.25, -0.2) is 0 Å². The van der Waals surface area contributed by atoms with E-state index in [9.17, 15) is 9.59 Å². The van der Waals surface area contributed by atoms with Crippen LogP contribution in [0.5, 0.6) is 0 Å². The first-order chi connectivity index (χ1) is 7.59. The van der Waals surface area contributed by atoms with Crippen LogP contribution >= 0.6 is 0 Å². The summed E-state index contributed by atoms with van der Waals surface area (Å²) in [6, 6.07) is 7.54. The molecular weight excluding hydrogens is 204 g/mol. The lowest BCUT2D eigenvalue weighted by Crippen LogP contribution is -2.24. The van der Waals surface area contributed by atoms with E-state index in [2.05, 4.69) is 5.32 Å². The molecule has 1 aliphatic rings. The fourth-order valence-electron chi connectivity index (χ4n) is 1.98. The number of amides is 2. The fourth-order valence-corrected chi connectivity index (χ4v) is 1.98. The first-order valence-electron chi connectivity index (χ1n) is 5.28. The monoisotopic (exact) mass is 218 g/mol. The van der Waals surface area contributed by atoms with Gasteiger partial charge in [-0.05, 0) is 18.1 Å². The molecule has 1 aliphatic heterocycles. The summed E-state index contributed by atoms with van der Waals surface area (Å²) >= 11 is 0. The molecule has 0 fully saturated rings. The van der Waals surface area contributed by atoms with Crippen molar-refractivity contribution >= 4 is 17.5 Å². The van der Waals surface area contributed by atoms with Crippen LogP contribution in [-0.2, 0) is 9.59 Å². The maximum atomic E-state index is 11.7. The van der Waals surface area contributed by atoms with Gasteiger partial charge in [0.2, 0.25) is 11.8 Å². The summed E-state index contributed by atoms with van der Waals surface area (Å²) < 4.78 is 0. The van der Waals surface area contributed by atoms with Gasteiger partial charge in [-0.15, -0.1) is 0 Å². The van der Waals surface area contributed by atoms with Crippen LogP contribution in [0.4, 0.5) is 5.69 Å². The molecule has 2 atom stereocenters. The highest BCUT2D eigenvalue weighted by Crippen LogP contribution is 2.35. The summed E-state index contributed by atoms with van der Waals surface area (Å²) in [6.07, 6.45) is 0.470.